The van der Waals surface area contributed by atoms with Crippen molar-refractivity contribution in [3.05, 3.63) is 102 Å². The van der Waals surface area contributed by atoms with Gasteiger partial charge in [-0.2, -0.15) is 0 Å². The molecule has 31 heavy (non-hydrogen) atoms. The summed E-state index contributed by atoms with van der Waals surface area (Å²) in [5.41, 5.74) is 5.24. The van der Waals surface area contributed by atoms with Crippen LogP contribution in [0, 0.1) is 5.21 Å². The third-order valence-electron chi connectivity index (χ3n) is 5.01. The first-order valence-electron chi connectivity index (χ1n) is 9.84. The van der Waals surface area contributed by atoms with E-state index in [1.54, 1.807) is 26.4 Å². The lowest BCUT2D eigenvalue weighted by Gasteiger charge is -2.05. The molecule has 0 unspecified atom stereocenters. The van der Waals surface area contributed by atoms with Crippen molar-refractivity contribution in [1.29, 1.82) is 0 Å². The lowest BCUT2D eigenvalue weighted by Crippen LogP contribution is -1.90. The van der Waals surface area contributed by atoms with Gasteiger partial charge in [0.25, 0.3) is 0 Å². The molecule has 0 aliphatic rings. The Bertz CT molecular complexity index is 1170. The van der Waals surface area contributed by atoms with Crippen molar-refractivity contribution in [3.8, 4) is 33.8 Å². The van der Waals surface area contributed by atoms with Gasteiger partial charge in [0.15, 0.2) is 0 Å². The van der Waals surface area contributed by atoms with Crippen LogP contribution in [0.4, 0.5) is 11.4 Å². The normalized spacial score (nSPS) is 11.2. The van der Waals surface area contributed by atoms with Crippen LogP contribution in [-0.4, -0.2) is 19.1 Å². The van der Waals surface area contributed by atoms with E-state index in [1.807, 2.05) is 84.9 Å². The minimum atomic E-state index is 0.469. The zero-order valence-corrected chi connectivity index (χ0v) is 17.4. The maximum Gasteiger partial charge on any atom is 0.244 e. The van der Waals surface area contributed by atoms with Crippen LogP contribution in [-0.2, 0) is 0 Å². The molecule has 0 heterocycles. The molecule has 5 nitrogen and oxygen atoms in total. The maximum absolute atomic E-state index is 12.5. The Labute approximate surface area is 181 Å². The van der Waals surface area contributed by atoms with Crippen LogP contribution in [0.15, 0.2) is 102 Å². The summed E-state index contributed by atoms with van der Waals surface area (Å²) in [6.07, 6.45) is 0. The number of benzene rings is 4. The average molecular weight is 410 g/mol. The molecular weight excluding hydrogens is 388 g/mol. The maximum atomic E-state index is 12.5. The summed E-state index contributed by atoms with van der Waals surface area (Å²) in [4.78, 5) is 0.639. The van der Waals surface area contributed by atoms with Crippen LogP contribution in [0.3, 0.4) is 0 Å². The van der Waals surface area contributed by atoms with E-state index in [4.69, 9.17) is 9.47 Å². The van der Waals surface area contributed by atoms with E-state index >= 15 is 0 Å². The van der Waals surface area contributed by atoms with Crippen molar-refractivity contribution in [3.63, 3.8) is 0 Å². The van der Waals surface area contributed by atoms with Crippen LogP contribution >= 0.6 is 0 Å². The third-order valence-corrected chi connectivity index (χ3v) is 5.01. The summed E-state index contributed by atoms with van der Waals surface area (Å²) in [6.45, 7) is 0. The summed E-state index contributed by atoms with van der Waals surface area (Å²) in [6, 6.07) is 30.5. The number of hydrogen-bond acceptors (Lipinski definition) is 4. The van der Waals surface area contributed by atoms with E-state index in [-0.39, 0.29) is 0 Å². The molecule has 4 aromatic rings. The average Bonchev–Trinajstić information content (AvgIpc) is 2.85. The molecule has 4 aromatic carbocycles. The van der Waals surface area contributed by atoms with Gasteiger partial charge in [-0.1, -0.05) is 41.3 Å². The fourth-order valence-corrected chi connectivity index (χ4v) is 3.23. The molecule has 0 aliphatic carbocycles. The highest BCUT2D eigenvalue weighted by Gasteiger charge is 2.06. The summed E-state index contributed by atoms with van der Waals surface area (Å²) in [5.74, 6) is 1.62. The van der Waals surface area contributed by atoms with E-state index in [9.17, 15) is 5.21 Å². The van der Waals surface area contributed by atoms with Crippen LogP contribution in [0.25, 0.3) is 22.3 Å². The molecule has 0 amide bonds. The van der Waals surface area contributed by atoms with Gasteiger partial charge in [0, 0.05) is 17.2 Å². The number of methoxy groups -OCH3 is 2. The lowest BCUT2D eigenvalue weighted by molar-refractivity contribution is -0.435. The fraction of sp³-hybridized carbons (Fsp3) is 0.0769. The first-order chi connectivity index (χ1) is 15.2. The van der Waals surface area contributed by atoms with Gasteiger partial charge in [-0.15, -0.1) is 0 Å². The minimum absolute atomic E-state index is 0.469. The lowest BCUT2D eigenvalue weighted by atomic mass is 10.1. The summed E-state index contributed by atoms with van der Waals surface area (Å²) < 4.78 is 10.4. The molecule has 0 atom stereocenters. The van der Waals surface area contributed by atoms with E-state index in [0.717, 1.165) is 33.8 Å². The summed E-state index contributed by atoms with van der Waals surface area (Å²) in [7, 11) is 3.29. The zero-order chi connectivity index (χ0) is 21.6. The Morgan fingerprint density at radius 1 is 0.548 bits per heavy atom. The quantitative estimate of drug-likeness (QED) is 0.196. The summed E-state index contributed by atoms with van der Waals surface area (Å²) >= 11 is 0. The van der Waals surface area contributed by atoms with E-state index in [0.29, 0.717) is 16.2 Å². The number of hydrogen-bond donors (Lipinski definition) is 0. The molecule has 0 saturated carbocycles. The van der Waals surface area contributed by atoms with Gasteiger partial charge in [-0.3, -0.25) is 0 Å². The molecule has 0 saturated heterocycles. The molecule has 4 rings (SSSR count). The van der Waals surface area contributed by atoms with Crippen molar-refractivity contribution in [2.45, 2.75) is 0 Å². The zero-order valence-electron chi connectivity index (χ0n) is 17.4. The first kappa shape index (κ1) is 20.2. The number of rotatable bonds is 6. The molecule has 154 valence electrons. The third kappa shape index (κ3) is 4.73. The monoisotopic (exact) mass is 410 g/mol. The van der Waals surface area contributed by atoms with Gasteiger partial charge in [-0.25, -0.2) is 0 Å². The van der Waals surface area contributed by atoms with E-state index < -0.39 is 0 Å². The molecule has 0 bridgehead atoms. The topological polar surface area (TPSA) is 56.9 Å². The van der Waals surface area contributed by atoms with E-state index in [2.05, 4.69) is 5.11 Å². The Morgan fingerprint density at radius 3 is 1.29 bits per heavy atom. The van der Waals surface area contributed by atoms with Gasteiger partial charge < -0.3 is 14.7 Å². The Kier molecular flexibility index (Phi) is 5.94. The van der Waals surface area contributed by atoms with Crippen LogP contribution in [0.2, 0.25) is 0 Å². The van der Waals surface area contributed by atoms with Gasteiger partial charge in [0.05, 0.1) is 14.2 Å². The largest absolute Gasteiger partial charge is 0.594 e. The van der Waals surface area contributed by atoms with Crippen molar-refractivity contribution in [1.82, 2.24) is 0 Å². The predicted octanol–water partition coefficient (Wildman–Crippen LogP) is 6.96. The highest BCUT2D eigenvalue weighted by molar-refractivity contribution is 5.66. The number of nitrogens with zero attached hydrogens (tertiary/aromatic N) is 2. The number of ether oxygens (including phenoxy) is 2. The van der Waals surface area contributed by atoms with E-state index in [1.165, 1.54) is 0 Å². The number of azo groups is 1. The first-order valence-corrected chi connectivity index (χ1v) is 9.84. The molecular formula is C26H22N2O3. The SMILES string of the molecule is COc1ccc(-c2ccc(N=[N+]([O-])c3ccc(-c4ccc(OC)cc4)cc3)cc2)cc1. The summed E-state index contributed by atoms with van der Waals surface area (Å²) in [5, 5.41) is 16.6. The molecule has 5 heteroatoms. The predicted molar refractivity (Wildman–Crippen MR) is 122 cm³/mol. The standard InChI is InChI=1S/C26H22N2O3/c1-30-25-15-7-21(8-16-25)19-3-11-23(12-4-19)27-28(29)24-13-5-20(6-14-24)22-9-17-26(31-2)18-10-22/h3-18H,1-2H3. The molecule has 0 fully saturated rings. The van der Waals surface area contributed by atoms with Crippen LogP contribution < -0.4 is 9.47 Å². The molecule has 0 spiro atoms. The van der Waals surface area contributed by atoms with Gasteiger partial charge in [0.1, 0.15) is 17.2 Å². The molecule has 0 aliphatic heterocycles. The van der Waals surface area contributed by atoms with Gasteiger partial charge in [0.2, 0.25) is 5.69 Å². The van der Waals surface area contributed by atoms with Crippen LogP contribution in [0.5, 0.6) is 11.5 Å². The molecule has 0 N–H and O–H groups in total. The van der Waals surface area contributed by atoms with Crippen molar-refractivity contribution < 1.29 is 14.3 Å². The van der Waals surface area contributed by atoms with Crippen molar-refractivity contribution >= 4 is 11.4 Å². The molecule has 0 radical (unpaired) electrons. The Hall–Kier alpha value is -4.12. The second-order valence-electron chi connectivity index (χ2n) is 6.92. The second-order valence-corrected chi connectivity index (χ2v) is 6.92. The van der Waals surface area contributed by atoms with Gasteiger partial charge >= 0.3 is 0 Å². The van der Waals surface area contributed by atoms with Gasteiger partial charge in [-0.05, 0) is 70.8 Å². The Morgan fingerprint density at radius 2 is 0.903 bits per heavy atom. The highest BCUT2D eigenvalue weighted by atomic mass is 16.5. The van der Waals surface area contributed by atoms with Crippen LogP contribution in [0.1, 0.15) is 0 Å². The second kappa shape index (κ2) is 9.13. The van der Waals surface area contributed by atoms with Crippen molar-refractivity contribution in [2.24, 2.45) is 5.11 Å². The Balaban J connectivity index is 1.49. The molecule has 0 aromatic heterocycles. The minimum Gasteiger partial charge on any atom is -0.594 e. The smallest absolute Gasteiger partial charge is 0.244 e. The highest BCUT2D eigenvalue weighted by Crippen LogP contribution is 2.27. The van der Waals surface area contributed by atoms with Crippen molar-refractivity contribution in [2.75, 3.05) is 14.2 Å². The fourth-order valence-electron chi connectivity index (χ4n) is 3.23.